The fourth-order valence-electron chi connectivity index (χ4n) is 2.66. The summed E-state index contributed by atoms with van der Waals surface area (Å²) in [5, 5.41) is 2.92. The van der Waals surface area contributed by atoms with Crippen molar-refractivity contribution in [1.82, 2.24) is 5.32 Å². The van der Waals surface area contributed by atoms with Crippen LogP contribution in [0.15, 0.2) is 9.85 Å². The molecule has 102 valence electrons. The van der Waals surface area contributed by atoms with Crippen LogP contribution in [0.2, 0.25) is 0 Å². The van der Waals surface area contributed by atoms with Gasteiger partial charge in [0.2, 0.25) is 0 Å². The van der Waals surface area contributed by atoms with Gasteiger partial charge in [0.05, 0.1) is 14.8 Å². The normalized spacial score (nSPS) is 24.9. The van der Waals surface area contributed by atoms with Gasteiger partial charge in [-0.1, -0.05) is 6.42 Å². The summed E-state index contributed by atoms with van der Waals surface area (Å²) in [7, 11) is -1.12. The molecule has 0 saturated carbocycles. The zero-order valence-corrected chi connectivity index (χ0v) is 13.8. The summed E-state index contributed by atoms with van der Waals surface area (Å²) in [6, 6.07) is 1.96. The highest BCUT2D eigenvalue weighted by Gasteiger charge is 2.36. The van der Waals surface area contributed by atoms with Crippen LogP contribution in [0.1, 0.15) is 35.7 Å². The van der Waals surface area contributed by atoms with Gasteiger partial charge < -0.3 is 5.32 Å². The minimum absolute atomic E-state index is 0.0853. The quantitative estimate of drug-likeness (QED) is 0.910. The summed E-state index contributed by atoms with van der Waals surface area (Å²) in [5.74, 6) is 0.334. The monoisotopic (exact) mass is 351 g/mol. The topological polar surface area (TPSA) is 46.2 Å². The average Bonchev–Trinajstić information content (AvgIpc) is 2.61. The van der Waals surface area contributed by atoms with Gasteiger partial charge >= 0.3 is 0 Å². The summed E-state index contributed by atoms with van der Waals surface area (Å²) in [5.41, 5.74) is 1.12. The maximum Gasteiger partial charge on any atom is 0.155 e. The van der Waals surface area contributed by atoms with E-state index in [0.29, 0.717) is 5.75 Å². The Balaban J connectivity index is 2.36. The number of aryl methyl sites for hydroxylation is 1. The summed E-state index contributed by atoms with van der Waals surface area (Å²) < 4.78 is 25.5. The lowest BCUT2D eigenvalue weighted by atomic mass is 10.0. The van der Waals surface area contributed by atoms with Gasteiger partial charge in [-0.2, -0.15) is 0 Å². The van der Waals surface area contributed by atoms with Crippen LogP contribution in [0.5, 0.6) is 0 Å². The molecule has 18 heavy (non-hydrogen) atoms. The van der Waals surface area contributed by atoms with Crippen molar-refractivity contribution in [2.75, 3.05) is 12.8 Å². The average molecular weight is 352 g/mol. The van der Waals surface area contributed by atoms with Crippen molar-refractivity contribution in [2.45, 2.75) is 37.5 Å². The maximum absolute atomic E-state index is 12.2. The Kier molecular flexibility index (Phi) is 4.52. The number of halogens is 1. The van der Waals surface area contributed by atoms with Crippen LogP contribution in [0.3, 0.4) is 0 Å². The Bertz CT molecular complexity index is 524. The van der Waals surface area contributed by atoms with Crippen molar-refractivity contribution < 1.29 is 8.42 Å². The summed E-state index contributed by atoms with van der Waals surface area (Å²) in [4.78, 5) is 1.18. The molecule has 1 aliphatic rings. The van der Waals surface area contributed by atoms with E-state index in [1.807, 2.05) is 20.0 Å². The minimum Gasteiger partial charge on any atom is -0.312 e. The van der Waals surface area contributed by atoms with E-state index in [2.05, 4.69) is 21.2 Å². The van der Waals surface area contributed by atoms with Crippen LogP contribution >= 0.6 is 27.3 Å². The Morgan fingerprint density at radius 2 is 2.22 bits per heavy atom. The molecule has 2 heterocycles. The third-order valence-electron chi connectivity index (χ3n) is 3.57. The van der Waals surface area contributed by atoms with Crippen LogP contribution in [0.4, 0.5) is 0 Å². The fraction of sp³-hybridized carbons (Fsp3) is 0.667. The lowest BCUT2D eigenvalue weighted by Gasteiger charge is -2.30. The summed E-state index contributed by atoms with van der Waals surface area (Å²) in [6.45, 7) is 2.05. The van der Waals surface area contributed by atoms with Crippen LogP contribution < -0.4 is 5.32 Å². The lowest BCUT2D eigenvalue weighted by Crippen LogP contribution is -2.39. The molecule has 1 N–H and O–H groups in total. The first kappa shape index (κ1) is 14.5. The van der Waals surface area contributed by atoms with Crippen molar-refractivity contribution >= 4 is 37.1 Å². The third kappa shape index (κ3) is 2.81. The van der Waals surface area contributed by atoms with E-state index >= 15 is 0 Å². The van der Waals surface area contributed by atoms with Crippen LogP contribution in [-0.2, 0) is 9.84 Å². The first-order valence-electron chi connectivity index (χ1n) is 6.10. The second-order valence-electron chi connectivity index (χ2n) is 4.73. The molecule has 2 rings (SSSR count). The number of hydrogen-bond acceptors (Lipinski definition) is 4. The molecule has 1 aliphatic heterocycles. The smallest absolute Gasteiger partial charge is 0.155 e. The Morgan fingerprint density at radius 3 is 2.72 bits per heavy atom. The van der Waals surface area contributed by atoms with Crippen LogP contribution in [0.25, 0.3) is 0 Å². The molecule has 0 aliphatic carbocycles. The van der Waals surface area contributed by atoms with Gasteiger partial charge in [-0.3, -0.25) is 0 Å². The predicted molar refractivity (Wildman–Crippen MR) is 80.0 cm³/mol. The Morgan fingerprint density at radius 1 is 1.50 bits per heavy atom. The van der Waals surface area contributed by atoms with Gasteiger partial charge in [0.25, 0.3) is 0 Å². The van der Waals surface area contributed by atoms with Gasteiger partial charge in [0, 0.05) is 10.9 Å². The lowest BCUT2D eigenvalue weighted by molar-refractivity contribution is 0.469. The molecule has 0 amide bonds. The molecule has 1 aromatic rings. The van der Waals surface area contributed by atoms with Crippen molar-refractivity contribution in [3.05, 3.63) is 20.3 Å². The highest BCUT2D eigenvalue weighted by Crippen LogP contribution is 2.36. The third-order valence-corrected chi connectivity index (χ3v) is 7.43. The molecule has 1 saturated heterocycles. The Labute approximate surface area is 121 Å². The SMILES string of the molecule is CNC(c1cc(Br)sc1C)C1CCCCS1(=O)=O. The zero-order valence-electron chi connectivity index (χ0n) is 10.6. The van der Waals surface area contributed by atoms with Crippen molar-refractivity contribution in [3.8, 4) is 0 Å². The number of hydrogen-bond donors (Lipinski definition) is 1. The van der Waals surface area contributed by atoms with Gasteiger partial charge in [0.15, 0.2) is 9.84 Å². The molecule has 2 atom stereocenters. The minimum atomic E-state index is -2.96. The van der Waals surface area contributed by atoms with E-state index in [-0.39, 0.29) is 11.3 Å². The zero-order chi connectivity index (χ0) is 13.3. The summed E-state index contributed by atoms with van der Waals surface area (Å²) >= 11 is 5.13. The first-order valence-corrected chi connectivity index (χ1v) is 9.43. The second-order valence-corrected chi connectivity index (χ2v) is 9.70. The molecule has 3 nitrogen and oxygen atoms in total. The van der Waals surface area contributed by atoms with E-state index < -0.39 is 9.84 Å². The molecule has 2 unspecified atom stereocenters. The van der Waals surface area contributed by atoms with Crippen molar-refractivity contribution in [2.24, 2.45) is 0 Å². The van der Waals surface area contributed by atoms with Crippen LogP contribution in [0, 0.1) is 6.92 Å². The molecule has 0 bridgehead atoms. The fourth-order valence-corrected chi connectivity index (χ4v) is 6.55. The number of thiophene rings is 1. The van der Waals surface area contributed by atoms with E-state index in [4.69, 9.17) is 0 Å². The van der Waals surface area contributed by atoms with Gasteiger partial charge in [-0.15, -0.1) is 11.3 Å². The standard InChI is InChI=1S/C12H18BrNO2S2/c1-8-9(7-11(13)17-8)12(14-2)10-5-3-4-6-18(10,15)16/h7,10,12,14H,3-6H2,1-2H3. The van der Waals surface area contributed by atoms with Gasteiger partial charge in [0.1, 0.15) is 0 Å². The van der Waals surface area contributed by atoms with E-state index in [1.165, 1.54) is 4.88 Å². The van der Waals surface area contributed by atoms with E-state index in [9.17, 15) is 8.42 Å². The molecule has 0 radical (unpaired) electrons. The first-order chi connectivity index (χ1) is 8.45. The second kappa shape index (κ2) is 5.61. The highest BCUT2D eigenvalue weighted by atomic mass is 79.9. The molecule has 6 heteroatoms. The van der Waals surface area contributed by atoms with Crippen LogP contribution in [-0.4, -0.2) is 26.5 Å². The van der Waals surface area contributed by atoms with E-state index in [1.54, 1.807) is 11.3 Å². The molecule has 1 fully saturated rings. The Hall–Kier alpha value is 0.0900. The highest BCUT2D eigenvalue weighted by molar-refractivity contribution is 9.11. The number of rotatable bonds is 3. The molecule has 1 aromatic heterocycles. The van der Waals surface area contributed by atoms with Gasteiger partial charge in [-0.25, -0.2) is 8.42 Å². The predicted octanol–water partition coefficient (Wildman–Crippen LogP) is 3.05. The number of sulfone groups is 1. The molecular weight excluding hydrogens is 334 g/mol. The molecular formula is C12H18BrNO2S2. The van der Waals surface area contributed by atoms with E-state index in [0.717, 1.165) is 28.6 Å². The summed E-state index contributed by atoms with van der Waals surface area (Å²) in [6.07, 6.45) is 2.58. The van der Waals surface area contributed by atoms with Gasteiger partial charge in [-0.05, 0) is 54.4 Å². The maximum atomic E-state index is 12.2. The largest absolute Gasteiger partial charge is 0.312 e. The molecule has 0 spiro atoms. The van der Waals surface area contributed by atoms with Crippen molar-refractivity contribution in [1.29, 1.82) is 0 Å². The van der Waals surface area contributed by atoms with Crippen molar-refractivity contribution in [3.63, 3.8) is 0 Å². The molecule has 0 aromatic carbocycles. The number of nitrogens with one attached hydrogen (secondary N) is 1.